The Bertz CT molecular complexity index is 1510. The second kappa shape index (κ2) is 10.1. The quantitative estimate of drug-likeness (QED) is 0.267. The molecule has 5 aromatic rings. The number of hydrogen-bond donors (Lipinski definition) is 1. The molecule has 1 unspecified atom stereocenters. The highest BCUT2D eigenvalue weighted by atomic mass is 32.1. The molecule has 0 amide bonds. The van der Waals surface area contributed by atoms with Crippen molar-refractivity contribution in [3.05, 3.63) is 94.1 Å². The predicted molar refractivity (Wildman–Crippen MR) is 142 cm³/mol. The van der Waals surface area contributed by atoms with Gasteiger partial charge in [0.2, 0.25) is 0 Å². The molecule has 2 heterocycles. The molecule has 3 aromatic carbocycles. The van der Waals surface area contributed by atoms with Gasteiger partial charge in [-0.2, -0.15) is 0 Å². The molecule has 0 radical (unpaired) electrons. The van der Waals surface area contributed by atoms with Crippen molar-refractivity contribution in [1.29, 1.82) is 0 Å². The molecule has 0 aliphatic carbocycles. The van der Waals surface area contributed by atoms with Gasteiger partial charge < -0.3 is 4.74 Å². The van der Waals surface area contributed by atoms with Crippen molar-refractivity contribution in [2.45, 2.75) is 39.7 Å². The molecule has 0 bridgehead atoms. The fourth-order valence-electron chi connectivity index (χ4n) is 4.40. The number of aryl methyl sites for hydroxylation is 2. The van der Waals surface area contributed by atoms with Crippen molar-refractivity contribution in [1.82, 2.24) is 20.6 Å². The molecule has 174 valence electrons. The van der Waals surface area contributed by atoms with Crippen LogP contribution in [0.15, 0.2) is 66.0 Å². The lowest BCUT2D eigenvalue weighted by Crippen LogP contribution is -2.03. The van der Waals surface area contributed by atoms with Crippen LogP contribution in [-0.4, -0.2) is 20.6 Å². The summed E-state index contributed by atoms with van der Waals surface area (Å²) in [6.07, 6.45) is 0.636. The smallest absolute Gasteiger partial charge is 0.150 e. The summed E-state index contributed by atoms with van der Waals surface area (Å²) >= 11 is 1.81. The van der Waals surface area contributed by atoms with E-state index in [-0.39, 0.29) is 5.92 Å². The number of tetrazole rings is 1. The lowest BCUT2D eigenvalue weighted by Gasteiger charge is -2.12. The monoisotopic (exact) mass is 478 g/mol. The van der Waals surface area contributed by atoms with E-state index in [4.69, 9.17) is 4.74 Å². The normalized spacial score (nSPS) is 11.7. The highest BCUT2D eigenvalue weighted by Crippen LogP contribution is 2.38. The molecule has 1 atom stereocenters. The summed E-state index contributed by atoms with van der Waals surface area (Å²) in [4.78, 5) is 0. The number of nitrogens with one attached hydrogen (secondary N) is 1. The van der Waals surface area contributed by atoms with Gasteiger partial charge >= 0.3 is 0 Å². The lowest BCUT2D eigenvalue weighted by molar-refractivity contribution is 0.306. The van der Waals surface area contributed by atoms with Crippen LogP contribution in [0.4, 0.5) is 0 Å². The third-order valence-electron chi connectivity index (χ3n) is 6.15. The summed E-state index contributed by atoms with van der Waals surface area (Å²) in [5.74, 6) is 7.85. The van der Waals surface area contributed by atoms with Gasteiger partial charge in [-0.1, -0.05) is 48.4 Å². The van der Waals surface area contributed by atoms with Crippen LogP contribution in [0, 0.1) is 25.7 Å². The molecule has 6 heteroatoms. The zero-order valence-electron chi connectivity index (χ0n) is 20.0. The third kappa shape index (κ3) is 4.96. The largest absolute Gasteiger partial charge is 0.489 e. The van der Waals surface area contributed by atoms with Gasteiger partial charge in [0.25, 0.3) is 0 Å². The Balaban J connectivity index is 1.34. The van der Waals surface area contributed by atoms with Gasteiger partial charge in [-0.05, 0) is 82.6 Å². The summed E-state index contributed by atoms with van der Waals surface area (Å²) < 4.78 is 7.51. The maximum absolute atomic E-state index is 6.17. The zero-order chi connectivity index (χ0) is 24.2. The van der Waals surface area contributed by atoms with Crippen molar-refractivity contribution in [3.8, 4) is 28.7 Å². The Hall–Kier alpha value is -3.95. The first-order valence-electron chi connectivity index (χ1n) is 11.6. The molecule has 1 N–H and O–H groups in total. The van der Waals surface area contributed by atoms with Gasteiger partial charge in [-0.25, -0.2) is 5.10 Å². The summed E-state index contributed by atoms with van der Waals surface area (Å²) in [7, 11) is 0. The van der Waals surface area contributed by atoms with Crippen molar-refractivity contribution in [3.63, 3.8) is 0 Å². The van der Waals surface area contributed by atoms with Gasteiger partial charge in [0.15, 0.2) is 0 Å². The van der Waals surface area contributed by atoms with E-state index in [1.54, 1.807) is 0 Å². The Morgan fingerprint density at radius 1 is 1.00 bits per heavy atom. The number of hydrogen-bond acceptors (Lipinski definition) is 5. The Morgan fingerprint density at radius 2 is 1.83 bits per heavy atom. The molecule has 0 fully saturated rings. The molecule has 0 saturated heterocycles. The van der Waals surface area contributed by atoms with E-state index >= 15 is 0 Å². The minimum absolute atomic E-state index is 0.0207. The van der Waals surface area contributed by atoms with Crippen LogP contribution in [0.25, 0.3) is 21.2 Å². The maximum atomic E-state index is 6.17. The molecule has 2 aromatic heterocycles. The Labute approximate surface area is 209 Å². The van der Waals surface area contributed by atoms with E-state index in [1.807, 2.05) is 30.4 Å². The molecule has 0 spiro atoms. The van der Waals surface area contributed by atoms with E-state index in [0.29, 0.717) is 13.0 Å². The average Bonchev–Trinajstić information content (AvgIpc) is 3.54. The number of aromatic nitrogens is 4. The van der Waals surface area contributed by atoms with Crippen molar-refractivity contribution in [2.75, 3.05) is 0 Å². The highest BCUT2D eigenvalue weighted by Gasteiger charge is 2.14. The van der Waals surface area contributed by atoms with Crippen LogP contribution in [-0.2, 0) is 13.0 Å². The van der Waals surface area contributed by atoms with Crippen LogP contribution in [0.1, 0.15) is 40.9 Å². The van der Waals surface area contributed by atoms with Gasteiger partial charge in [-0.15, -0.1) is 22.4 Å². The number of aromatic amines is 1. The summed E-state index contributed by atoms with van der Waals surface area (Å²) in [6.45, 7) is 6.71. The fourth-order valence-corrected chi connectivity index (χ4v) is 5.43. The molecule has 35 heavy (non-hydrogen) atoms. The van der Waals surface area contributed by atoms with E-state index in [2.05, 4.69) is 100 Å². The predicted octanol–water partition coefficient (Wildman–Crippen LogP) is 6.63. The van der Waals surface area contributed by atoms with Crippen LogP contribution in [0.2, 0.25) is 0 Å². The first-order valence-corrected chi connectivity index (χ1v) is 12.4. The number of nitrogens with zero attached hydrogens (tertiary/aromatic N) is 3. The Morgan fingerprint density at radius 3 is 2.57 bits per heavy atom. The zero-order valence-corrected chi connectivity index (χ0v) is 20.8. The topological polar surface area (TPSA) is 63.7 Å². The van der Waals surface area contributed by atoms with Crippen molar-refractivity contribution < 1.29 is 4.74 Å². The molecule has 0 saturated carbocycles. The van der Waals surface area contributed by atoms with E-state index < -0.39 is 0 Å². The number of rotatable bonds is 7. The molecule has 0 aliphatic heterocycles. The van der Waals surface area contributed by atoms with Crippen LogP contribution < -0.4 is 4.74 Å². The third-order valence-corrected chi connectivity index (χ3v) is 7.28. The summed E-state index contributed by atoms with van der Waals surface area (Å²) in [6, 6.07) is 21.2. The van der Waals surface area contributed by atoms with Crippen molar-refractivity contribution >= 4 is 21.4 Å². The van der Waals surface area contributed by atoms with Crippen molar-refractivity contribution in [2.24, 2.45) is 0 Å². The minimum atomic E-state index is 0.0207. The average molecular weight is 479 g/mol. The van der Waals surface area contributed by atoms with Crippen LogP contribution in [0.5, 0.6) is 5.75 Å². The standard InChI is InChI=1S/C29H26N4OS/c1-4-7-23(16-28-30-32-33-31-28)22-10-12-24(13-11-22)34-17-21-14-20(3)29-26(15-21)27(18-35-29)25-9-6-5-8-19(25)2/h5-6,8-15,18,23H,16-17H2,1-3H3,(H,30,31,32,33). The van der Waals surface area contributed by atoms with E-state index in [9.17, 15) is 0 Å². The number of ether oxygens (including phenoxy) is 1. The van der Waals surface area contributed by atoms with Crippen LogP contribution >= 0.6 is 11.3 Å². The number of fused-ring (bicyclic) bond motifs is 1. The molecule has 5 nitrogen and oxygen atoms in total. The van der Waals surface area contributed by atoms with Gasteiger partial charge in [-0.3, -0.25) is 0 Å². The molecular formula is C29H26N4OS. The first-order chi connectivity index (χ1) is 17.1. The fraction of sp³-hybridized carbons (Fsp3) is 0.207. The SMILES string of the molecule is CC#CC(Cc1nnn[nH]1)c1ccc(OCc2cc(C)c3scc(-c4ccccc4C)c3c2)cc1. The summed E-state index contributed by atoms with van der Waals surface area (Å²) in [5, 5.41) is 17.7. The summed E-state index contributed by atoms with van der Waals surface area (Å²) in [5.41, 5.74) is 7.43. The molecule has 0 aliphatic rings. The van der Waals surface area contributed by atoms with E-state index in [1.165, 1.54) is 37.9 Å². The highest BCUT2D eigenvalue weighted by molar-refractivity contribution is 7.18. The lowest BCUT2D eigenvalue weighted by atomic mass is 9.96. The second-order valence-corrected chi connectivity index (χ2v) is 9.49. The first kappa shape index (κ1) is 22.8. The van der Waals surface area contributed by atoms with E-state index in [0.717, 1.165) is 17.1 Å². The molecular weight excluding hydrogens is 452 g/mol. The number of benzene rings is 3. The minimum Gasteiger partial charge on any atom is -0.489 e. The Kier molecular flexibility index (Phi) is 6.60. The number of thiophene rings is 1. The van der Waals surface area contributed by atoms with Gasteiger partial charge in [0.1, 0.15) is 18.2 Å². The number of H-pyrrole nitrogens is 1. The maximum Gasteiger partial charge on any atom is 0.150 e. The van der Waals surface area contributed by atoms with Gasteiger partial charge in [0.05, 0.1) is 5.92 Å². The van der Waals surface area contributed by atoms with Gasteiger partial charge in [0, 0.05) is 22.1 Å². The molecule has 5 rings (SSSR count). The van der Waals surface area contributed by atoms with Crippen LogP contribution in [0.3, 0.4) is 0 Å². The second-order valence-electron chi connectivity index (χ2n) is 8.61.